The van der Waals surface area contributed by atoms with Crippen LogP contribution in [-0.2, 0) is 6.42 Å². The summed E-state index contributed by atoms with van der Waals surface area (Å²) in [6, 6.07) is 13.8. The first-order valence-electron chi connectivity index (χ1n) is 7.11. The van der Waals surface area contributed by atoms with Gasteiger partial charge in [0.15, 0.2) is 5.82 Å². The second-order valence-corrected chi connectivity index (χ2v) is 5.37. The Hall–Kier alpha value is -2.95. The van der Waals surface area contributed by atoms with Crippen molar-refractivity contribution in [2.45, 2.75) is 6.42 Å². The van der Waals surface area contributed by atoms with Crippen LogP contribution in [0.25, 0.3) is 11.3 Å². The molecular weight excluding hydrogens is 276 g/mol. The summed E-state index contributed by atoms with van der Waals surface area (Å²) in [5.74, 6) is 1.69. The van der Waals surface area contributed by atoms with Crippen LogP contribution in [0.1, 0.15) is 11.1 Å². The fraction of sp³-hybridized carbons (Fsp3) is 0.118. The molecule has 5 heteroatoms. The predicted molar refractivity (Wildman–Crippen MR) is 87.5 cm³/mol. The topological polar surface area (TPSA) is 76.0 Å². The predicted octanol–water partition coefficient (Wildman–Crippen LogP) is 3.32. The molecule has 1 aliphatic rings. The molecule has 0 spiro atoms. The molecule has 5 nitrogen and oxygen atoms in total. The lowest BCUT2D eigenvalue weighted by molar-refractivity contribution is 0.415. The van der Waals surface area contributed by atoms with Crippen molar-refractivity contribution in [2.24, 2.45) is 0 Å². The molecular formula is C17H16N4O. The van der Waals surface area contributed by atoms with E-state index >= 15 is 0 Å². The normalized spacial score (nSPS) is 11.9. The average Bonchev–Trinajstić information content (AvgIpc) is 3.07. The Morgan fingerprint density at radius 1 is 1.18 bits per heavy atom. The molecule has 22 heavy (non-hydrogen) atoms. The SMILES string of the molecule is COc1ccc(Nc2n[nH]c3c2Cc2cc(N)ccc2-3)cc1. The largest absolute Gasteiger partial charge is 0.497 e. The maximum atomic E-state index is 5.87. The van der Waals surface area contributed by atoms with Gasteiger partial charge < -0.3 is 15.8 Å². The van der Waals surface area contributed by atoms with Crippen molar-refractivity contribution < 1.29 is 4.74 Å². The minimum atomic E-state index is 0.793. The number of benzene rings is 2. The summed E-state index contributed by atoms with van der Waals surface area (Å²) < 4.78 is 5.17. The van der Waals surface area contributed by atoms with Crippen LogP contribution >= 0.6 is 0 Å². The van der Waals surface area contributed by atoms with E-state index in [0.29, 0.717) is 0 Å². The Labute approximate surface area is 128 Å². The summed E-state index contributed by atoms with van der Waals surface area (Å²) in [4.78, 5) is 0. The quantitative estimate of drug-likeness (QED) is 0.506. The number of methoxy groups -OCH3 is 1. The smallest absolute Gasteiger partial charge is 0.156 e. The van der Waals surface area contributed by atoms with E-state index in [4.69, 9.17) is 10.5 Å². The summed E-state index contributed by atoms with van der Waals surface area (Å²) in [5.41, 5.74) is 12.3. The van der Waals surface area contributed by atoms with Crippen LogP contribution in [0, 0.1) is 0 Å². The van der Waals surface area contributed by atoms with E-state index in [1.54, 1.807) is 7.11 Å². The van der Waals surface area contributed by atoms with Gasteiger partial charge in [-0.3, -0.25) is 5.10 Å². The molecule has 0 radical (unpaired) electrons. The number of ether oxygens (including phenoxy) is 1. The zero-order valence-electron chi connectivity index (χ0n) is 12.2. The van der Waals surface area contributed by atoms with Crippen LogP contribution in [0.3, 0.4) is 0 Å². The summed E-state index contributed by atoms with van der Waals surface area (Å²) in [7, 11) is 1.66. The number of hydrogen-bond acceptors (Lipinski definition) is 4. The van der Waals surface area contributed by atoms with E-state index in [-0.39, 0.29) is 0 Å². The zero-order valence-corrected chi connectivity index (χ0v) is 12.2. The fourth-order valence-electron chi connectivity index (χ4n) is 2.87. The second kappa shape index (κ2) is 4.80. The van der Waals surface area contributed by atoms with Crippen LogP contribution in [-0.4, -0.2) is 17.3 Å². The lowest BCUT2D eigenvalue weighted by Gasteiger charge is -2.06. The van der Waals surface area contributed by atoms with Crippen molar-refractivity contribution >= 4 is 17.2 Å². The van der Waals surface area contributed by atoms with Crippen LogP contribution in [0.15, 0.2) is 42.5 Å². The molecule has 0 atom stereocenters. The molecule has 0 bridgehead atoms. The summed E-state index contributed by atoms with van der Waals surface area (Å²) in [5, 5.41) is 10.9. The zero-order chi connectivity index (χ0) is 15.1. The third-order valence-corrected chi connectivity index (χ3v) is 3.99. The van der Waals surface area contributed by atoms with Crippen molar-refractivity contribution in [3.05, 3.63) is 53.6 Å². The van der Waals surface area contributed by atoms with Gasteiger partial charge in [0.2, 0.25) is 0 Å². The number of aromatic amines is 1. The first-order valence-corrected chi connectivity index (χ1v) is 7.11. The van der Waals surface area contributed by atoms with Crippen LogP contribution < -0.4 is 15.8 Å². The molecule has 3 aromatic rings. The van der Waals surface area contributed by atoms with Crippen LogP contribution in [0.5, 0.6) is 5.75 Å². The average molecular weight is 292 g/mol. The van der Waals surface area contributed by atoms with Gasteiger partial charge in [0.05, 0.1) is 12.8 Å². The molecule has 0 unspecified atom stereocenters. The monoisotopic (exact) mass is 292 g/mol. The van der Waals surface area contributed by atoms with Crippen LogP contribution in [0.2, 0.25) is 0 Å². The summed E-state index contributed by atoms with van der Waals surface area (Å²) in [6.07, 6.45) is 0.838. The number of hydrogen-bond donors (Lipinski definition) is 3. The van der Waals surface area contributed by atoms with E-state index in [1.165, 1.54) is 16.7 Å². The number of fused-ring (bicyclic) bond motifs is 3. The Morgan fingerprint density at radius 3 is 2.77 bits per heavy atom. The minimum absolute atomic E-state index is 0.793. The third-order valence-electron chi connectivity index (χ3n) is 3.99. The Bertz CT molecular complexity index is 836. The van der Waals surface area contributed by atoms with Gasteiger partial charge in [-0.05, 0) is 42.0 Å². The molecule has 110 valence electrons. The highest BCUT2D eigenvalue weighted by atomic mass is 16.5. The Balaban J connectivity index is 1.65. The molecule has 0 amide bonds. The summed E-state index contributed by atoms with van der Waals surface area (Å²) >= 11 is 0. The van der Waals surface area contributed by atoms with Crippen molar-refractivity contribution in [3.63, 3.8) is 0 Å². The van der Waals surface area contributed by atoms with E-state index in [0.717, 1.165) is 35.1 Å². The Kier molecular flexibility index (Phi) is 2.79. The maximum Gasteiger partial charge on any atom is 0.156 e. The highest BCUT2D eigenvalue weighted by molar-refractivity contribution is 5.80. The molecule has 1 aromatic heterocycles. The van der Waals surface area contributed by atoms with Crippen molar-refractivity contribution in [1.29, 1.82) is 0 Å². The lowest BCUT2D eigenvalue weighted by atomic mass is 10.1. The third kappa shape index (κ3) is 1.98. The van der Waals surface area contributed by atoms with E-state index < -0.39 is 0 Å². The van der Waals surface area contributed by atoms with Crippen molar-refractivity contribution in [1.82, 2.24) is 10.2 Å². The number of nitrogens with two attached hydrogens (primary N) is 1. The van der Waals surface area contributed by atoms with Gasteiger partial charge in [0.1, 0.15) is 5.75 Å². The van der Waals surface area contributed by atoms with Gasteiger partial charge in [-0.2, -0.15) is 5.10 Å². The van der Waals surface area contributed by atoms with E-state index in [2.05, 4.69) is 15.5 Å². The van der Waals surface area contributed by atoms with Crippen LogP contribution in [0.4, 0.5) is 17.2 Å². The Morgan fingerprint density at radius 2 is 2.00 bits per heavy atom. The highest BCUT2D eigenvalue weighted by Gasteiger charge is 2.24. The van der Waals surface area contributed by atoms with Gasteiger partial charge in [0.25, 0.3) is 0 Å². The molecule has 0 fully saturated rings. The first kappa shape index (κ1) is 12.8. The number of nitrogens with one attached hydrogen (secondary N) is 2. The standard InChI is InChI=1S/C17H16N4O/c1-22-13-5-3-12(4-6-13)19-17-15-9-10-8-11(18)2-7-14(10)16(15)20-21-17/h2-8H,9,18H2,1H3,(H2,19,20,21). The van der Waals surface area contributed by atoms with Crippen molar-refractivity contribution in [2.75, 3.05) is 18.2 Å². The molecule has 2 aromatic carbocycles. The van der Waals surface area contributed by atoms with E-state index in [1.807, 2.05) is 42.5 Å². The number of nitrogens with zero attached hydrogens (tertiary/aromatic N) is 1. The van der Waals surface area contributed by atoms with E-state index in [9.17, 15) is 0 Å². The summed E-state index contributed by atoms with van der Waals surface area (Å²) in [6.45, 7) is 0. The number of rotatable bonds is 3. The highest BCUT2D eigenvalue weighted by Crippen LogP contribution is 2.40. The molecule has 4 rings (SSSR count). The molecule has 1 aliphatic carbocycles. The molecule has 0 saturated heterocycles. The van der Waals surface area contributed by atoms with Gasteiger partial charge in [0, 0.05) is 28.9 Å². The number of aromatic nitrogens is 2. The molecule has 0 aliphatic heterocycles. The van der Waals surface area contributed by atoms with Gasteiger partial charge in [-0.15, -0.1) is 0 Å². The molecule has 0 saturated carbocycles. The number of H-pyrrole nitrogens is 1. The lowest BCUT2D eigenvalue weighted by Crippen LogP contribution is -1.95. The van der Waals surface area contributed by atoms with Gasteiger partial charge in [-0.1, -0.05) is 6.07 Å². The fourth-order valence-corrected chi connectivity index (χ4v) is 2.87. The first-order chi connectivity index (χ1) is 10.7. The number of nitrogen functional groups attached to an aromatic ring is 1. The van der Waals surface area contributed by atoms with Gasteiger partial charge in [-0.25, -0.2) is 0 Å². The number of anilines is 3. The minimum Gasteiger partial charge on any atom is -0.497 e. The molecule has 4 N–H and O–H groups in total. The van der Waals surface area contributed by atoms with Crippen molar-refractivity contribution in [3.8, 4) is 17.0 Å². The second-order valence-electron chi connectivity index (χ2n) is 5.37. The maximum absolute atomic E-state index is 5.87. The van der Waals surface area contributed by atoms with Gasteiger partial charge >= 0.3 is 0 Å². The molecule has 1 heterocycles.